The van der Waals surface area contributed by atoms with E-state index < -0.39 is 34.5 Å². The van der Waals surface area contributed by atoms with Gasteiger partial charge < -0.3 is 0 Å². The zero-order chi connectivity index (χ0) is 15.6. The highest BCUT2D eigenvalue weighted by atomic mass is 79.9. The van der Waals surface area contributed by atoms with Crippen molar-refractivity contribution < 1.29 is 22.0 Å². The minimum Gasteiger partial charge on any atom is -0.207 e. The maximum Gasteiger partial charge on any atom is 0.392 e. The molecule has 3 unspecified atom stereocenters. The first-order valence-electron chi connectivity index (χ1n) is 6.94. The summed E-state index contributed by atoms with van der Waals surface area (Å²) in [5.41, 5.74) is -0.147. The zero-order valence-electron chi connectivity index (χ0n) is 11.3. The minimum atomic E-state index is -4.26. The van der Waals surface area contributed by atoms with Crippen LogP contribution in [-0.4, -0.2) is 11.0 Å². The van der Waals surface area contributed by atoms with Gasteiger partial charge in [-0.15, -0.1) is 0 Å². The molecule has 0 bridgehead atoms. The average Bonchev–Trinajstić information content (AvgIpc) is 2.42. The Kier molecular flexibility index (Phi) is 5.28. The smallest absolute Gasteiger partial charge is 0.207 e. The fraction of sp³-hybridized carbons (Fsp3) is 0.600. The van der Waals surface area contributed by atoms with E-state index in [1.807, 2.05) is 0 Å². The van der Waals surface area contributed by atoms with Gasteiger partial charge in [0.05, 0.1) is 5.92 Å². The summed E-state index contributed by atoms with van der Waals surface area (Å²) in [6.07, 6.45) is -2.54. The van der Waals surface area contributed by atoms with Crippen molar-refractivity contribution in [1.29, 1.82) is 0 Å². The number of halogens is 6. The van der Waals surface area contributed by atoms with E-state index in [4.69, 9.17) is 0 Å². The molecular formula is C15H16BrF5. The number of benzene rings is 1. The molecule has 21 heavy (non-hydrogen) atoms. The van der Waals surface area contributed by atoms with Gasteiger partial charge in [0.25, 0.3) is 0 Å². The minimum absolute atomic E-state index is 0.0737. The molecule has 1 aliphatic carbocycles. The van der Waals surface area contributed by atoms with E-state index in [1.54, 1.807) is 0 Å². The van der Waals surface area contributed by atoms with E-state index in [0.717, 1.165) is 18.6 Å². The first-order chi connectivity index (χ1) is 9.80. The summed E-state index contributed by atoms with van der Waals surface area (Å²) in [6.45, 7) is 0. The molecule has 1 aromatic carbocycles. The Balaban J connectivity index is 2.16. The molecule has 0 heterocycles. The van der Waals surface area contributed by atoms with Gasteiger partial charge in [-0.2, -0.15) is 13.2 Å². The molecule has 118 valence electrons. The van der Waals surface area contributed by atoms with Gasteiger partial charge in [-0.05, 0) is 37.3 Å². The molecule has 0 saturated heterocycles. The first kappa shape index (κ1) is 16.7. The van der Waals surface area contributed by atoms with E-state index in [0.29, 0.717) is 12.8 Å². The fourth-order valence-electron chi connectivity index (χ4n) is 3.07. The predicted octanol–water partition coefficient (Wildman–Crippen LogP) is 5.64. The highest BCUT2D eigenvalue weighted by Crippen LogP contribution is 2.45. The molecule has 0 nitrogen and oxygen atoms in total. The van der Waals surface area contributed by atoms with Crippen LogP contribution in [0.4, 0.5) is 22.0 Å². The van der Waals surface area contributed by atoms with Crippen LogP contribution in [0.2, 0.25) is 0 Å². The highest BCUT2D eigenvalue weighted by molar-refractivity contribution is 9.09. The van der Waals surface area contributed by atoms with Gasteiger partial charge >= 0.3 is 6.18 Å². The van der Waals surface area contributed by atoms with Crippen LogP contribution in [-0.2, 0) is 6.42 Å². The van der Waals surface area contributed by atoms with E-state index in [-0.39, 0.29) is 18.4 Å². The van der Waals surface area contributed by atoms with Crippen LogP contribution >= 0.6 is 15.9 Å². The summed E-state index contributed by atoms with van der Waals surface area (Å²) in [4.78, 5) is -0.587. The molecular weight excluding hydrogens is 355 g/mol. The second-order valence-electron chi connectivity index (χ2n) is 5.52. The molecule has 2 rings (SSSR count). The second-order valence-corrected chi connectivity index (χ2v) is 6.69. The summed E-state index contributed by atoms with van der Waals surface area (Å²) in [7, 11) is 0. The highest BCUT2D eigenvalue weighted by Gasteiger charge is 2.47. The summed E-state index contributed by atoms with van der Waals surface area (Å²) in [6, 6.07) is 3.50. The third-order valence-electron chi connectivity index (χ3n) is 4.17. The summed E-state index contributed by atoms with van der Waals surface area (Å²) in [5, 5.41) is 0. The predicted molar refractivity (Wildman–Crippen MR) is 74.3 cm³/mol. The topological polar surface area (TPSA) is 0 Å². The van der Waals surface area contributed by atoms with E-state index in [9.17, 15) is 22.0 Å². The van der Waals surface area contributed by atoms with Crippen LogP contribution in [0.5, 0.6) is 0 Å². The molecule has 1 saturated carbocycles. The van der Waals surface area contributed by atoms with Gasteiger partial charge in [0.1, 0.15) is 11.6 Å². The SMILES string of the molecule is Fc1cccc(F)c1CC(Br)C1CCCCC1C(F)(F)F. The molecule has 0 amide bonds. The van der Waals surface area contributed by atoms with Gasteiger partial charge in [0, 0.05) is 10.4 Å². The molecule has 6 heteroatoms. The van der Waals surface area contributed by atoms with Crippen LogP contribution in [0, 0.1) is 23.5 Å². The van der Waals surface area contributed by atoms with E-state index >= 15 is 0 Å². The molecule has 0 aromatic heterocycles. The number of hydrogen-bond acceptors (Lipinski definition) is 0. The molecule has 0 N–H and O–H groups in total. The van der Waals surface area contributed by atoms with E-state index in [1.165, 1.54) is 6.07 Å². The lowest BCUT2D eigenvalue weighted by molar-refractivity contribution is -0.196. The van der Waals surface area contributed by atoms with Crippen molar-refractivity contribution in [3.05, 3.63) is 35.4 Å². The van der Waals surface area contributed by atoms with Gasteiger partial charge in [-0.1, -0.05) is 34.8 Å². The van der Waals surface area contributed by atoms with Crippen molar-refractivity contribution in [2.24, 2.45) is 11.8 Å². The van der Waals surface area contributed by atoms with Crippen molar-refractivity contribution >= 4 is 15.9 Å². The summed E-state index contributed by atoms with van der Waals surface area (Å²) in [5.74, 6) is -3.46. The Hall–Kier alpha value is -0.650. The monoisotopic (exact) mass is 370 g/mol. The standard InChI is InChI=1S/C15H16BrF5/c16-12(8-10-13(17)6-3-7-14(10)18)9-4-1-2-5-11(9)15(19,20)21/h3,6-7,9,11-12H,1-2,4-5,8H2. The lowest BCUT2D eigenvalue weighted by atomic mass is 9.76. The number of alkyl halides is 4. The lowest BCUT2D eigenvalue weighted by Gasteiger charge is -2.36. The number of hydrogen-bond donors (Lipinski definition) is 0. The van der Waals surface area contributed by atoms with Crippen molar-refractivity contribution in [2.45, 2.75) is 43.1 Å². The third kappa shape index (κ3) is 3.96. The lowest BCUT2D eigenvalue weighted by Crippen LogP contribution is -2.38. The Labute approximate surface area is 128 Å². The van der Waals surface area contributed by atoms with Gasteiger partial charge in [-0.3, -0.25) is 0 Å². The van der Waals surface area contributed by atoms with Gasteiger partial charge in [-0.25, -0.2) is 8.78 Å². The quantitative estimate of drug-likeness (QED) is 0.477. The molecule has 0 aliphatic heterocycles. The normalized spacial score (nSPS) is 24.9. The molecule has 3 atom stereocenters. The first-order valence-corrected chi connectivity index (χ1v) is 7.86. The van der Waals surface area contributed by atoms with Crippen molar-refractivity contribution in [2.75, 3.05) is 0 Å². The van der Waals surface area contributed by atoms with Crippen LogP contribution in [0.25, 0.3) is 0 Å². The van der Waals surface area contributed by atoms with Crippen LogP contribution in [0.15, 0.2) is 18.2 Å². The molecule has 0 radical (unpaired) electrons. The maximum absolute atomic E-state index is 13.6. The van der Waals surface area contributed by atoms with Crippen LogP contribution in [0.1, 0.15) is 31.2 Å². The molecule has 1 aliphatic rings. The number of rotatable bonds is 3. The third-order valence-corrected chi connectivity index (χ3v) is 5.17. The largest absolute Gasteiger partial charge is 0.392 e. The van der Waals surface area contributed by atoms with Crippen molar-refractivity contribution in [3.8, 4) is 0 Å². The maximum atomic E-state index is 13.6. The van der Waals surface area contributed by atoms with E-state index in [2.05, 4.69) is 15.9 Å². The average molecular weight is 371 g/mol. The zero-order valence-corrected chi connectivity index (χ0v) is 12.9. The Morgan fingerprint density at radius 1 is 1.10 bits per heavy atom. The molecule has 0 spiro atoms. The fourth-order valence-corrected chi connectivity index (χ4v) is 4.03. The van der Waals surface area contributed by atoms with Gasteiger partial charge in [0.2, 0.25) is 0 Å². The summed E-state index contributed by atoms with van der Waals surface area (Å²) >= 11 is 3.24. The molecule has 1 aromatic rings. The van der Waals surface area contributed by atoms with Gasteiger partial charge in [0.15, 0.2) is 0 Å². The molecule has 1 fully saturated rings. The van der Waals surface area contributed by atoms with Crippen molar-refractivity contribution in [1.82, 2.24) is 0 Å². The Morgan fingerprint density at radius 3 is 2.24 bits per heavy atom. The van der Waals surface area contributed by atoms with Crippen LogP contribution in [0.3, 0.4) is 0 Å². The second kappa shape index (κ2) is 6.63. The summed E-state index contributed by atoms with van der Waals surface area (Å²) < 4.78 is 66.5. The Bertz CT molecular complexity index is 465. The Morgan fingerprint density at radius 2 is 1.67 bits per heavy atom. The van der Waals surface area contributed by atoms with Crippen molar-refractivity contribution in [3.63, 3.8) is 0 Å². The van der Waals surface area contributed by atoms with Crippen LogP contribution < -0.4 is 0 Å².